The molecule has 136 valence electrons. The number of hydrogen-bond acceptors (Lipinski definition) is 3. The predicted octanol–water partition coefficient (Wildman–Crippen LogP) is 2.12. The smallest absolute Gasteiger partial charge is 0.188 e. The third-order valence-electron chi connectivity index (χ3n) is 5.21. The maximum Gasteiger partial charge on any atom is 0.188 e. The number of rotatable bonds is 7. The van der Waals surface area contributed by atoms with Crippen molar-refractivity contribution in [2.75, 3.05) is 45.8 Å². The Bertz CT molecular complexity index is 342. The zero-order valence-electron chi connectivity index (χ0n) is 15.0. The molecule has 0 amide bonds. The predicted molar refractivity (Wildman–Crippen MR) is 110 cm³/mol. The van der Waals surface area contributed by atoms with Crippen LogP contribution in [-0.4, -0.2) is 67.6 Å². The van der Waals surface area contributed by atoms with Gasteiger partial charge in [0.2, 0.25) is 0 Å². The van der Waals surface area contributed by atoms with E-state index < -0.39 is 0 Å². The van der Waals surface area contributed by atoms with Gasteiger partial charge >= 0.3 is 0 Å². The Morgan fingerprint density at radius 1 is 1.22 bits per heavy atom. The summed E-state index contributed by atoms with van der Waals surface area (Å²) in [4.78, 5) is 9.61. The van der Waals surface area contributed by atoms with Crippen LogP contribution in [0.1, 0.15) is 46.0 Å². The molecule has 0 saturated carbocycles. The summed E-state index contributed by atoms with van der Waals surface area (Å²) in [5.41, 5.74) is 5.98. The molecule has 0 aromatic heterocycles. The lowest BCUT2D eigenvalue weighted by atomic mass is 9.99. The first-order valence-electron chi connectivity index (χ1n) is 9.19. The number of nitrogens with two attached hydrogens (primary N) is 1. The van der Waals surface area contributed by atoms with E-state index in [1.165, 1.54) is 51.9 Å². The largest absolute Gasteiger partial charge is 0.370 e. The lowest BCUT2D eigenvalue weighted by Crippen LogP contribution is -2.38. The number of likely N-dealkylation sites (N-methyl/N-ethyl adjacent to an activating group) is 1. The van der Waals surface area contributed by atoms with Gasteiger partial charge in [0.1, 0.15) is 0 Å². The number of guanidine groups is 1. The molecule has 0 bridgehead atoms. The first kappa shape index (κ1) is 21.0. The molecular formula is C17H36IN5. The summed E-state index contributed by atoms with van der Waals surface area (Å²) in [5.74, 6) is 1.53. The summed E-state index contributed by atoms with van der Waals surface area (Å²) in [5, 5.41) is 3.27. The Balaban J connectivity index is 0.00000264. The number of piperidine rings is 1. The molecule has 2 aliphatic heterocycles. The number of hydrogen-bond donors (Lipinski definition) is 2. The van der Waals surface area contributed by atoms with E-state index in [1.807, 2.05) is 0 Å². The Morgan fingerprint density at radius 3 is 2.65 bits per heavy atom. The monoisotopic (exact) mass is 437 g/mol. The summed E-state index contributed by atoms with van der Waals surface area (Å²) in [7, 11) is 0. The number of halogens is 1. The third-order valence-corrected chi connectivity index (χ3v) is 5.21. The van der Waals surface area contributed by atoms with E-state index in [0.717, 1.165) is 32.0 Å². The second-order valence-corrected chi connectivity index (χ2v) is 6.96. The molecule has 0 aliphatic carbocycles. The van der Waals surface area contributed by atoms with Crippen LogP contribution in [0.4, 0.5) is 0 Å². The Morgan fingerprint density at radius 2 is 1.96 bits per heavy atom. The summed E-state index contributed by atoms with van der Waals surface area (Å²) >= 11 is 0. The van der Waals surface area contributed by atoms with Gasteiger partial charge < -0.3 is 16.0 Å². The minimum Gasteiger partial charge on any atom is -0.370 e. The van der Waals surface area contributed by atoms with Crippen molar-refractivity contribution in [2.45, 2.75) is 52.0 Å². The summed E-state index contributed by atoms with van der Waals surface area (Å²) < 4.78 is 0. The van der Waals surface area contributed by atoms with Crippen LogP contribution in [0, 0.1) is 5.92 Å². The molecule has 5 nitrogen and oxygen atoms in total. The van der Waals surface area contributed by atoms with Gasteiger partial charge in [-0.25, -0.2) is 0 Å². The van der Waals surface area contributed by atoms with Gasteiger partial charge in [-0.05, 0) is 70.7 Å². The van der Waals surface area contributed by atoms with Gasteiger partial charge in [-0.1, -0.05) is 13.8 Å². The Hall–Kier alpha value is -0.0800. The first-order valence-corrected chi connectivity index (χ1v) is 9.19. The van der Waals surface area contributed by atoms with Crippen LogP contribution in [0.5, 0.6) is 0 Å². The number of nitrogens with one attached hydrogen (secondary N) is 1. The standard InChI is InChI=1S/C17H35N5.HI/c1-3-22-11-4-6-16(22)14-20-17(18)19-9-5-10-21-12-7-15(2)8-13-21;/h15-16H,3-14H2,1-2H3,(H3,18,19,20);1H. The van der Waals surface area contributed by atoms with E-state index in [0.29, 0.717) is 12.0 Å². The van der Waals surface area contributed by atoms with Crippen molar-refractivity contribution >= 4 is 29.9 Å². The van der Waals surface area contributed by atoms with Crippen LogP contribution in [0.25, 0.3) is 0 Å². The fourth-order valence-electron chi connectivity index (χ4n) is 3.58. The van der Waals surface area contributed by atoms with Crippen molar-refractivity contribution in [3.63, 3.8) is 0 Å². The van der Waals surface area contributed by atoms with Crippen LogP contribution < -0.4 is 11.1 Å². The maximum absolute atomic E-state index is 5.98. The average molecular weight is 437 g/mol. The topological polar surface area (TPSA) is 56.9 Å². The van der Waals surface area contributed by atoms with Crippen LogP contribution in [0.2, 0.25) is 0 Å². The van der Waals surface area contributed by atoms with E-state index in [-0.39, 0.29) is 24.0 Å². The molecule has 6 heteroatoms. The van der Waals surface area contributed by atoms with Gasteiger partial charge in [0.05, 0.1) is 6.54 Å². The molecule has 2 heterocycles. The molecule has 2 saturated heterocycles. The van der Waals surface area contributed by atoms with Crippen molar-refractivity contribution in [3.05, 3.63) is 0 Å². The second kappa shape index (κ2) is 11.5. The van der Waals surface area contributed by atoms with Gasteiger partial charge in [-0.15, -0.1) is 24.0 Å². The quantitative estimate of drug-likeness (QED) is 0.277. The van der Waals surface area contributed by atoms with E-state index in [4.69, 9.17) is 5.73 Å². The lowest BCUT2D eigenvalue weighted by Gasteiger charge is -2.30. The fourth-order valence-corrected chi connectivity index (χ4v) is 3.58. The molecule has 2 rings (SSSR count). The summed E-state index contributed by atoms with van der Waals surface area (Å²) in [6.45, 7) is 12.4. The summed E-state index contributed by atoms with van der Waals surface area (Å²) in [6.07, 6.45) is 6.42. The molecule has 0 spiro atoms. The van der Waals surface area contributed by atoms with Gasteiger partial charge in [0, 0.05) is 12.6 Å². The maximum atomic E-state index is 5.98. The molecule has 3 N–H and O–H groups in total. The van der Waals surface area contributed by atoms with Gasteiger partial charge in [-0.2, -0.15) is 0 Å². The van der Waals surface area contributed by atoms with E-state index in [9.17, 15) is 0 Å². The highest BCUT2D eigenvalue weighted by Gasteiger charge is 2.22. The zero-order valence-corrected chi connectivity index (χ0v) is 17.3. The number of aliphatic imine (C=N–C) groups is 1. The molecule has 23 heavy (non-hydrogen) atoms. The number of likely N-dealkylation sites (tertiary alicyclic amines) is 2. The zero-order chi connectivity index (χ0) is 15.8. The van der Waals surface area contributed by atoms with Crippen molar-refractivity contribution in [1.29, 1.82) is 0 Å². The highest BCUT2D eigenvalue weighted by atomic mass is 127. The molecule has 0 aromatic carbocycles. The Labute approximate surface area is 159 Å². The van der Waals surface area contributed by atoms with Gasteiger partial charge in [-0.3, -0.25) is 9.89 Å². The molecule has 2 fully saturated rings. The van der Waals surface area contributed by atoms with Crippen LogP contribution in [0.15, 0.2) is 4.99 Å². The fraction of sp³-hybridized carbons (Fsp3) is 0.941. The third kappa shape index (κ3) is 7.56. The molecule has 1 atom stereocenters. The Kier molecular flexibility index (Phi) is 10.5. The van der Waals surface area contributed by atoms with Crippen LogP contribution in [0.3, 0.4) is 0 Å². The average Bonchev–Trinajstić information content (AvgIpc) is 2.99. The van der Waals surface area contributed by atoms with E-state index >= 15 is 0 Å². The number of nitrogens with zero attached hydrogens (tertiary/aromatic N) is 3. The van der Waals surface area contributed by atoms with Crippen molar-refractivity contribution < 1.29 is 0 Å². The molecule has 1 unspecified atom stereocenters. The van der Waals surface area contributed by atoms with Gasteiger partial charge in [0.15, 0.2) is 5.96 Å². The lowest BCUT2D eigenvalue weighted by molar-refractivity contribution is 0.191. The van der Waals surface area contributed by atoms with Gasteiger partial charge in [0.25, 0.3) is 0 Å². The van der Waals surface area contributed by atoms with Crippen LogP contribution in [-0.2, 0) is 0 Å². The highest BCUT2D eigenvalue weighted by Crippen LogP contribution is 2.17. The molecule has 2 aliphatic rings. The minimum absolute atomic E-state index is 0. The van der Waals surface area contributed by atoms with Crippen molar-refractivity contribution in [1.82, 2.24) is 15.1 Å². The normalized spacial score (nSPS) is 24.6. The highest BCUT2D eigenvalue weighted by molar-refractivity contribution is 14.0. The summed E-state index contributed by atoms with van der Waals surface area (Å²) in [6, 6.07) is 0.598. The SMILES string of the molecule is CCN1CCCC1CN=C(N)NCCCN1CCC(C)CC1.I. The van der Waals surface area contributed by atoms with Crippen LogP contribution >= 0.6 is 24.0 Å². The van der Waals surface area contributed by atoms with E-state index in [2.05, 4.69) is 34.0 Å². The first-order chi connectivity index (χ1) is 10.7. The second-order valence-electron chi connectivity index (χ2n) is 6.96. The molecule has 0 aromatic rings. The molecule has 0 radical (unpaired) electrons. The van der Waals surface area contributed by atoms with Crippen molar-refractivity contribution in [2.24, 2.45) is 16.6 Å². The minimum atomic E-state index is 0. The van der Waals surface area contributed by atoms with E-state index in [1.54, 1.807) is 0 Å². The molecular weight excluding hydrogens is 401 g/mol. The van der Waals surface area contributed by atoms with Crippen molar-refractivity contribution in [3.8, 4) is 0 Å².